The molecule has 0 amide bonds. The molecular weight excluding hydrogens is 272 g/mol. The molecule has 1 heterocycles. The first kappa shape index (κ1) is 14.1. The van der Waals surface area contributed by atoms with E-state index in [4.69, 9.17) is 0 Å². The molecule has 22 heavy (non-hydrogen) atoms. The van der Waals surface area contributed by atoms with Crippen LogP contribution in [0.25, 0.3) is 0 Å². The predicted octanol–water partition coefficient (Wildman–Crippen LogP) is 3.70. The van der Waals surface area contributed by atoms with E-state index in [9.17, 15) is 0 Å². The fraction of sp³-hybridized carbons (Fsp3) is 0.111. The van der Waals surface area contributed by atoms with Gasteiger partial charge in [0, 0.05) is 31.2 Å². The normalized spacial score (nSPS) is 10.2. The standard InChI is InChI=1S/C18H18N4/c1-2-5-17(6-3-1)21-13-15-7-9-16(10-8-15)14-22-18-19-11-4-12-20-18/h1-12,21H,13-14H2,(H,19,20,22). The van der Waals surface area contributed by atoms with Gasteiger partial charge in [-0.3, -0.25) is 0 Å². The summed E-state index contributed by atoms with van der Waals surface area (Å²) in [4.78, 5) is 8.28. The zero-order valence-corrected chi connectivity index (χ0v) is 12.2. The van der Waals surface area contributed by atoms with Gasteiger partial charge in [-0.05, 0) is 29.3 Å². The molecule has 0 fully saturated rings. The maximum atomic E-state index is 4.14. The van der Waals surface area contributed by atoms with Crippen LogP contribution in [-0.2, 0) is 13.1 Å². The van der Waals surface area contributed by atoms with E-state index >= 15 is 0 Å². The Labute approximate surface area is 130 Å². The average Bonchev–Trinajstić information content (AvgIpc) is 2.61. The highest BCUT2D eigenvalue weighted by Gasteiger charge is 1.97. The maximum Gasteiger partial charge on any atom is 0.222 e. The Hall–Kier alpha value is -2.88. The van der Waals surface area contributed by atoms with Gasteiger partial charge in [-0.15, -0.1) is 0 Å². The fourth-order valence-electron chi connectivity index (χ4n) is 2.11. The van der Waals surface area contributed by atoms with Crippen molar-refractivity contribution in [3.63, 3.8) is 0 Å². The molecule has 0 bridgehead atoms. The van der Waals surface area contributed by atoms with E-state index in [2.05, 4.69) is 57.0 Å². The Morgan fingerprint density at radius 3 is 1.86 bits per heavy atom. The lowest BCUT2D eigenvalue weighted by Crippen LogP contribution is -2.03. The Bertz CT molecular complexity index is 619. The maximum absolute atomic E-state index is 4.14. The van der Waals surface area contributed by atoms with Crippen molar-refractivity contribution in [3.8, 4) is 0 Å². The van der Waals surface area contributed by atoms with Crippen molar-refractivity contribution < 1.29 is 0 Å². The molecule has 2 N–H and O–H groups in total. The molecule has 110 valence electrons. The monoisotopic (exact) mass is 290 g/mol. The second kappa shape index (κ2) is 7.22. The lowest BCUT2D eigenvalue weighted by molar-refractivity contribution is 1.05. The summed E-state index contributed by atoms with van der Waals surface area (Å²) < 4.78 is 0. The number of rotatable bonds is 6. The van der Waals surface area contributed by atoms with E-state index in [1.54, 1.807) is 18.5 Å². The van der Waals surface area contributed by atoms with Gasteiger partial charge in [-0.25, -0.2) is 9.97 Å². The molecule has 4 heteroatoms. The van der Waals surface area contributed by atoms with Gasteiger partial charge in [-0.2, -0.15) is 0 Å². The van der Waals surface area contributed by atoms with Gasteiger partial charge in [0.15, 0.2) is 0 Å². The van der Waals surface area contributed by atoms with Crippen molar-refractivity contribution in [2.24, 2.45) is 0 Å². The van der Waals surface area contributed by atoms with E-state index in [1.807, 2.05) is 18.2 Å². The minimum atomic E-state index is 0.650. The molecule has 3 rings (SSSR count). The zero-order valence-electron chi connectivity index (χ0n) is 12.2. The van der Waals surface area contributed by atoms with Crippen molar-refractivity contribution in [2.45, 2.75) is 13.1 Å². The van der Waals surface area contributed by atoms with Gasteiger partial charge < -0.3 is 10.6 Å². The molecule has 0 radical (unpaired) electrons. The van der Waals surface area contributed by atoms with Gasteiger partial charge >= 0.3 is 0 Å². The number of nitrogens with zero attached hydrogens (tertiary/aromatic N) is 2. The van der Waals surface area contributed by atoms with Crippen molar-refractivity contribution in [2.75, 3.05) is 10.6 Å². The summed E-state index contributed by atoms with van der Waals surface area (Å²) in [6.45, 7) is 1.54. The molecule has 3 aromatic rings. The van der Waals surface area contributed by atoms with Crippen LogP contribution in [0.3, 0.4) is 0 Å². The lowest BCUT2D eigenvalue weighted by atomic mass is 10.1. The van der Waals surface area contributed by atoms with Crippen LogP contribution in [0.2, 0.25) is 0 Å². The topological polar surface area (TPSA) is 49.8 Å². The largest absolute Gasteiger partial charge is 0.381 e. The highest BCUT2D eigenvalue weighted by molar-refractivity contribution is 5.43. The van der Waals surface area contributed by atoms with Gasteiger partial charge in [-0.1, -0.05) is 42.5 Å². The SMILES string of the molecule is c1ccc(NCc2ccc(CNc3ncccn3)cc2)cc1. The molecule has 0 saturated carbocycles. The van der Waals surface area contributed by atoms with Gasteiger partial charge in [0.1, 0.15) is 0 Å². The quantitative estimate of drug-likeness (QED) is 0.727. The molecule has 1 aromatic heterocycles. The van der Waals surface area contributed by atoms with Gasteiger partial charge in [0.05, 0.1) is 0 Å². The summed E-state index contributed by atoms with van der Waals surface area (Å²) in [5.41, 5.74) is 3.59. The summed E-state index contributed by atoms with van der Waals surface area (Å²) in [5.74, 6) is 0.650. The smallest absolute Gasteiger partial charge is 0.222 e. The number of hydrogen-bond acceptors (Lipinski definition) is 4. The number of nitrogens with one attached hydrogen (secondary N) is 2. The second-order valence-electron chi connectivity index (χ2n) is 4.96. The van der Waals surface area contributed by atoms with Crippen LogP contribution in [0.4, 0.5) is 11.6 Å². The first-order valence-electron chi connectivity index (χ1n) is 7.28. The highest BCUT2D eigenvalue weighted by Crippen LogP contribution is 2.10. The van der Waals surface area contributed by atoms with Crippen LogP contribution in [0.5, 0.6) is 0 Å². The summed E-state index contributed by atoms with van der Waals surface area (Å²) in [6, 6.07) is 20.5. The van der Waals surface area contributed by atoms with Crippen molar-refractivity contribution >= 4 is 11.6 Å². The van der Waals surface area contributed by atoms with Crippen LogP contribution >= 0.6 is 0 Å². The Morgan fingerprint density at radius 2 is 1.23 bits per heavy atom. The Morgan fingerprint density at radius 1 is 0.636 bits per heavy atom. The Balaban J connectivity index is 1.52. The number of anilines is 2. The molecule has 0 unspecified atom stereocenters. The molecular formula is C18H18N4. The van der Waals surface area contributed by atoms with E-state index < -0.39 is 0 Å². The average molecular weight is 290 g/mol. The van der Waals surface area contributed by atoms with Crippen LogP contribution in [0.15, 0.2) is 73.1 Å². The third-order valence-electron chi connectivity index (χ3n) is 3.31. The number of aromatic nitrogens is 2. The molecule has 0 saturated heterocycles. The first-order valence-corrected chi connectivity index (χ1v) is 7.28. The number of para-hydroxylation sites is 1. The minimum absolute atomic E-state index is 0.650. The molecule has 0 atom stereocenters. The van der Waals surface area contributed by atoms with Gasteiger partial charge in [0.25, 0.3) is 0 Å². The molecule has 0 spiro atoms. The number of hydrogen-bond donors (Lipinski definition) is 2. The molecule has 2 aromatic carbocycles. The third kappa shape index (κ3) is 4.06. The van der Waals surface area contributed by atoms with E-state index in [1.165, 1.54) is 11.1 Å². The summed E-state index contributed by atoms with van der Waals surface area (Å²) in [6.07, 6.45) is 3.46. The number of benzene rings is 2. The minimum Gasteiger partial charge on any atom is -0.381 e. The van der Waals surface area contributed by atoms with Crippen molar-refractivity contribution in [1.82, 2.24) is 9.97 Å². The predicted molar refractivity (Wildman–Crippen MR) is 89.6 cm³/mol. The van der Waals surface area contributed by atoms with E-state index in [-0.39, 0.29) is 0 Å². The first-order chi connectivity index (χ1) is 10.9. The van der Waals surface area contributed by atoms with Crippen LogP contribution in [0.1, 0.15) is 11.1 Å². The van der Waals surface area contributed by atoms with Gasteiger partial charge in [0.2, 0.25) is 5.95 Å². The van der Waals surface area contributed by atoms with Crippen molar-refractivity contribution in [3.05, 3.63) is 84.2 Å². The summed E-state index contributed by atoms with van der Waals surface area (Å²) >= 11 is 0. The summed E-state index contributed by atoms with van der Waals surface area (Å²) in [5, 5.41) is 6.60. The fourth-order valence-corrected chi connectivity index (χ4v) is 2.11. The molecule has 0 aliphatic rings. The zero-order chi connectivity index (χ0) is 15.0. The molecule has 0 aliphatic heterocycles. The Kier molecular flexibility index (Phi) is 4.62. The van der Waals surface area contributed by atoms with E-state index in [0.717, 1.165) is 18.8 Å². The van der Waals surface area contributed by atoms with E-state index in [0.29, 0.717) is 5.95 Å². The molecule has 4 nitrogen and oxygen atoms in total. The van der Waals surface area contributed by atoms with Crippen molar-refractivity contribution in [1.29, 1.82) is 0 Å². The van der Waals surface area contributed by atoms with Crippen LogP contribution in [0, 0.1) is 0 Å². The van der Waals surface area contributed by atoms with Crippen LogP contribution < -0.4 is 10.6 Å². The lowest BCUT2D eigenvalue weighted by Gasteiger charge is -2.08. The second-order valence-corrected chi connectivity index (χ2v) is 4.96. The molecule has 0 aliphatic carbocycles. The van der Waals surface area contributed by atoms with Crippen LogP contribution in [-0.4, -0.2) is 9.97 Å². The highest BCUT2D eigenvalue weighted by atomic mass is 15.1. The third-order valence-corrected chi connectivity index (χ3v) is 3.31. The summed E-state index contributed by atoms with van der Waals surface area (Å²) in [7, 11) is 0.